The van der Waals surface area contributed by atoms with Crippen LogP contribution in [0.4, 0.5) is 34.1 Å². The van der Waals surface area contributed by atoms with Crippen LogP contribution in [0.15, 0.2) is 36.4 Å². The lowest BCUT2D eigenvalue weighted by Crippen LogP contribution is -2.51. The Hall–Kier alpha value is -4.77. The van der Waals surface area contributed by atoms with E-state index in [0.717, 1.165) is 49.7 Å². The molecule has 0 aliphatic carbocycles. The molecule has 0 radical (unpaired) electrons. The second kappa shape index (κ2) is 21.1. The molecule has 2 aromatic carbocycles. The number of urea groups is 1. The van der Waals surface area contributed by atoms with Crippen molar-refractivity contribution in [3.63, 3.8) is 0 Å². The maximum atomic E-state index is 14.1. The molecule has 0 bridgehead atoms. The fraction of sp³-hybridized carbons (Fsp3) is 0.614. The fourth-order valence-electron chi connectivity index (χ4n) is 8.98. The number of benzene rings is 2. The molecule has 4 heterocycles. The number of likely N-dealkylation sites (N-methyl/N-ethyl adjacent to an activating group) is 1. The molecule has 3 saturated heterocycles. The second-order valence-electron chi connectivity index (χ2n) is 17.0. The monoisotopic (exact) mass is 889 g/mol. The van der Waals surface area contributed by atoms with Gasteiger partial charge in [-0.1, -0.05) is 36.7 Å². The number of fused-ring (bicyclic) bond motifs is 1. The number of nitrogens with two attached hydrogens (primary N) is 1. The summed E-state index contributed by atoms with van der Waals surface area (Å²) < 4.78 is 53.0. The van der Waals surface area contributed by atoms with E-state index in [-0.39, 0.29) is 73.0 Å². The Kier molecular flexibility index (Phi) is 15.9. The number of esters is 1. The van der Waals surface area contributed by atoms with E-state index in [4.69, 9.17) is 26.8 Å². The zero-order chi connectivity index (χ0) is 44.6. The van der Waals surface area contributed by atoms with Gasteiger partial charge in [-0.15, -0.1) is 0 Å². The topological polar surface area (TPSA) is 158 Å². The summed E-state index contributed by atoms with van der Waals surface area (Å²) in [5.74, 6) is -0.121. The molecule has 6 rings (SSSR count). The molecule has 5 amide bonds. The smallest absolute Gasteiger partial charge is 0.418 e. The van der Waals surface area contributed by atoms with Gasteiger partial charge in [-0.25, -0.2) is 9.59 Å². The molecule has 3 fully saturated rings. The maximum absolute atomic E-state index is 14.1. The predicted molar refractivity (Wildman–Crippen MR) is 227 cm³/mol. The summed E-state index contributed by atoms with van der Waals surface area (Å²) in [4.78, 5) is 73.7. The molecule has 0 aromatic heterocycles. The number of nitrogens with one attached hydrogen (secondary N) is 1. The highest BCUT2D eigenvalue weighted by Crippen LogP contribution is 2.38. The highest BCUT2D eigenvalue weighted by atomic mass is 35.5. The molecular formula is C44H59ClF3N7O7. The zero-order valence-electron chi connectivity index (χ0n) is 35.6. The summed E-state index contributed by atoms with van der Waals surface area (Å²) in [6.07, 6.45) is -1.60. The largest absolute Gasteiger partial charge is 0.464 e. The molecule has 0 spiro atoms. The molecule has 4 aliphatic heterocycles. The Morgan fingerprint density at radius 3 is 2.40 bits per heavy atom. The number of ether oxygens (including phenoxy) is 2. The molecule has 340 valence electrons. The van der Waals surface area contributed by atoms with Crippen molar-refractivity contribution in [1.29, 1.82) is 0 Å². The van der Waals surface area contributed by atoms with Crippen molar-refractivity contribution in [3.05, 3.63) is 58.1 Å². The van der Waals surface area contributed by atoms with Crippen LogP contribution in [-0.4, -0.2) is 139 Å². The van der Waals surface area contributed by atoms with E-state index in [1.807, 2.05) is 24.3 Å². The molecule has 1 unspecified atom stereocenters. The number of carbonyl (C=O) groups is 5. The first kappa shape index (κ1) is 46.7. The van der Waals surface area contributed by atoms with Gasteiger partial charge in [-0.2, -0.15) is 13.2 Å². The van der Waals surface area contributed by atoms with E-state index in [0.29, 0.717) is 70.7 Å². The number of anilines is 2. The van der Waals surface area contributed by atoms with Crippen LogP contribution in [0.3, 0.4) is 0 Å². The third kappa shape index (κ3) is 12.2. The average Bonchev–Trinajstić information content (AvgIpc) is 3.58. The van der Waals surface area contributed by atoms with E-state index in [1.165, 1.54) is 15.9 Å². The van der Waals surface area contributed by atoms with Crippen LogP contribution in [0.25, 0.3) is 0 Å². The van der Waals surface area contributed by atoms with Crippen molar-refractivity contribution < 1.29 is 46.6 Å². The number of likely N-dealkylation sites (tertiary alicyclic amines) is 3. The Morgan fingerprint density at radius 1 is 0.984 bits per heavy atom. The molecule has 62 heavy (non-hydrogen) atoms. The van der Waals surface area contributed by atoms with Gasteiger partial charge in [-0.05, 0) is 99.2 Å². The fourth-order valence-corrected chi connectivity index (χ4v) is 9.22. The number of piperidine rings is 2. The Bertz CT molecular complexity index is 1920. The van der Waals surface area contributed by atoms with Crippen molar-refractivity contribution in [3.8, 4) is 0 Å². The van der Waals surface area contributed by atoms with Gasteiger partial charge in [0.25, 0.3) is 5.91 Å². The first-order valence-corrected chi connectivity index (χ1v) is 22.1. The number of nitrogens with zero attached hydrogens (tertiary/aromatic N) is 5. The predicted octanol–water partition coefficient (Wildman–Crippen LogP) is 6.30. The van der Waals surface area contributed by atoms with Gasteiger partial charge in [0.1, 0.15) is 6.61 Å². The standard InChI is InChI=1S/C44H59ClF3N7O7/c1-29(31-10-18-52(19-11-31)20-15-39(57)61-25-24-53-16-5-8-38(53)56)9-17-51(2)41(58)37(28-30-26-34(44(46,47)48)40(49)35(45)27-30)62-43(60)54-21-13-33(14-22-54)55-23-12-32-6-3-4-7-36(32)50-42(55)59/h3-4,6-7,26-27,29,31,33,37H,5,8-25,28,49H2,1-2H3,(H,50,59)/t29?,37-/m1/s1. The first-order valence-electron chi connectivity index (χ1n) is 21.7. The normalized spacial score (nSPS) is 19.1. The Labute approximate surface area is 366 Å². The lowest BCUT2D eigenvalue weighted by Gasteiger charge is -2.38. The van der Waals surface area contributed by atoms with Crippen LogP contribution in [0.5, 0.6) is 0 Å². The van der Waals surface area contributed by atoms with E-state index in [9.17, 15) is 37.1 Å². The van der Waals surface area contributed by atoms with Crippen molar-refractivity contribution >= 4 is 52.9 Å². The zero-order valence-corrected chi connectivity index (χ0v) is 36.4. The van der Waals surface area contributed by atoms with E-state index in [2.05, 4.69) is 17.1 Å². The summed E-state index contributed by atoms with van der Waals surface area (Å²) in [7, 11) is 1.59. The lowest BCUT2D eigenvalue weighted by molar-refractivity contribution is -0.145. The van der Waals surface area contributed by atoms with Crippen LogP contribution in [0, 0.1) is 11.8 Å². The average molecular weight is 890 g/mol. The third-order valence-electron chi connectivity index (χ3n) is 12.9. The molecule has 4 aliphatic rings. The molecule has 18 heteroatoms. The number of amides is 5. The molecular weight excluding hydrogens is 831 g/mol. The molecule has 14 nitrogen and oxygen atoms in total. The summed E-state index contributed by atoms with van der Waals surface area (Å²) in [6.45, 7) is 7.06. The van der Waals surface area contributed by atoms with Crippen molar-refractivity contribution in [2.45, 2.75) is 89.5 Å². The Morgan fingerprint density at radius 2 is 1.71 bits per heavy atom. The number of hydrogen-bond acceptors (Lipinski definition) is 9. The number of halogens is 4. The van der Waals surface area contributed by atoms with Gasteiger partial charge in [0.2, 0.25) is 5.91 Å². The quantitative estimate of drug-likeness (QED) is 0.155. The third-order valence-corrected chi connectivity index (χ3v) is 13.2. The minimum atomic E-state index is -4.80. The van der Waals surface area contributed by atoms with Crippen molar-refractivity contribution in [2.24, 2.45) is 11.8 Å². The summed E-state index contributed by atoms with van der Waals surface area (Å²) >= 11 is 6.14. The van der Waals surface area contributed by atoms with Gasteiger partial charge in [0.15, 0.2) is 6.10 Å². The van der Waals surface area contributed by atoms with Gasteiger partial charge in [-0.3, -0.25) is 14.4 Å². The number of rotatable bonds is 15. The SMILES string of the molecule is CC(CCN(C)C(=O)[C@@H](Cc1cc(Cl)c(N)c(C(F)(F)F)c1)OC(=O)N1CCC(N2CCc3ccccc3NC2=O)CC1)C1CCN(CCC(=O)OCCN2CCCC2=O)CC1. The lowest BCUT2D eigenvalue weighted by atomic mass is 9.83. The first-order chi connectivity index (χ1) is 29.6. The number of para-hydroxylation sites is 1. The molecule has 3 N–H and O–H groups in total. The van der Waals surface area contributed by atoms with E-state index in [1.54, 1.807) is 16.8 Å². The van der Waals surface area contributed by atoms with Crippen LogP contribution in [0.2, 0.25) is 5.02 Å². The minimum Gasteiger partial charge on any atom is -0.464 e. The highest BCUT2D eigenvalue weighted by Gasteiger charge is 2.37. The highest BCUT2D eigenvalue weighted by molar-refractivity contribution is 6.33. The Balaban J connectivity index is 1.00. The maximum Gasteiger partial charge on any atom is 0.418 e. The van der Waals surface area contributed by atoms with Crippen molar-refractivity contribution in [1.82, 2.24) is 24.5 Å². The molecule has 2 aromatic rings. The van der Waals surface area contributed by atoms with Gasteiger partial charge in [0, 0.05) is 70.9 Å². The van der Waals surface area contributed by atoms with Crippen LogP contribution in [0.1, 0.15) is 75.0 Å². The van der Waals surface area contributed by atoms with Crippen molar-refractivity contribution in [2.75, 3.05) is 83.6 Å². The van der Waals surface area contributed by atoms with Crippen LogP contribution < -0.4 is 11.1 Å². The van der Waals surface area contributed by atoms with Gasteiger partial charge in [0.05, 0.1) is 29.2 Å². The summed E-state index contributed by atoms with van der Waals surface area (Å²) in [5.41, 5.74) is 5.77. The number of alkyl halides is 3. The van der Waals surface area contributed by atoms with Gasteiger partial charge >= 0.3 is 24.3 Å². The molecule has 0 saturated carbocycles. The molecule has 2 atom stereocenters. The van der Waals surface area contributed by atoms with E-state index < -0.39 is 35.5 Å². The summed E-state index contributed by atoms with van der Waals surface area (Å²) in [5, 5.41) is 2.66. The van der Waals surface area contributed by atoms with Crippen LogP contribution in [-0.2, 0) is 42.9 Å². The van der Waals surface area contributed by atoms with E-state index >= 15 is 0 Å². The minimum absolute atomic E-state index is 0.0370. The number of carbonyl (C=O) groups excluding carboxylic acids is 5. The number of nitrogen functional groups attached to an aromatic ring is 1. The number of hydrogen-bond donors (Lipinski definition) is 2. The summed E-state index contributed by atoms with van der Waals surface area (Å²) in [6, 6.07) is 9.41. The second-order valence-corrected chi connectivity index (χ2v) is 17.4. The van der Waals surface area contributed by atoms with Crippen LogP contribution >= 0.6 is 11.6 Å². The van der Waals surface area contributed by atoms with Gasteiger partial charge < -0.3 is 45.0 Å².